The standard InChI is InChI=1S/C16H26N4O3S.HI/c1-3-24(22)13-6-4-5-11(9-13)20-16(18-2)19-10-12-7-8-14(23-12)15(17)21;/h7-8,11,13H,3-6,9-10H2,1-2H3,(H2,17,21)(H2,18,19,20);1H. The summed E-state index contributed by atoms with van der Waals surface area (Å²) < 4.78 is 17.4. The number of furan rings is 1. The molecule has 0 aliphatic heterocycles. The third kappa shape index (κ3) is 6.61. The average molecular weight is 482 g/mol. The first-order chi connectivity index (χ1) is 11.5. The summed E-state index contributed by atoms with van der Waals surface area (Å²) >= 11 is 0. The summed E-state index contributed by atoms with van der Waals surface area (Å²) in [5, 5.41) is 6.81. The van der Waals surface area contributed by atoms with Gasteiger partial charge in [-0.25, -0.2) is 0 Å². The predicted octanol–water partition coefficient (Wildman–Crippen LogP) is 1.74. The number of primary amides is 1. The zero-order chi connectivity index (χ0) is 17.5. The molecule has 1 fully saturated rings. The van der Waals surface area contributed by atoms with E-state index in [1.165, 1.54) is 0 Å². The number of nitrogens with zero attached hydrogens (tertiary/aromatic N) is 1. The Hall–Kier alpha value is -1.10. The quantitative estimate of drug-likeness (QED) is 0.325. The van der Waals surface area contributed by atoms with Crippen LogP contribution in [0.15, 0.2) is 21.5 Å². The molecule has 1 saturated carbocycles. The second kappa shape index (κ2) is 10.8. The van der Waals surface area contributed by atoms with Crippen molar-refractivity contribution in [1.29, 1.82) is 0 Å². The molecule has 7 nitrogen and oxygen atoms in total. The number of carbonyl (C=O) groups excluding carboxylic acids is 1. The van der Waals surface area contributed by atoms with Crippen LogP contribution in [0.25, 0.3) is 0 Å². The molecule has 1 aliphatic carbocycles. The van der Waals surface area contributed by atoms with Crippen LogP contribution in [0.3, 0.4) is 0 Å². The van der Waals surface area contributed by atoms with Gasteiger partial charge in [-0.1, -0.05) is 13.3 Å². The van der Waals surface area contributed by atoms with Gasteiger partial charge in [0.05, 0.1) is 6.54 Å². The van der Waals surface area contributed by atoms with Gasteiger partial charge in [0.1, 0.15) is 5.76 Å². The Labute approximate surface area is 168 Å². The summed E-state index contributed by atoms with van der Waals surface area (Å²) in [6, 6.07) is 3.53. The second-order valence-corrected chi connectivity index (χ2v) is 7.86. The van der Waals surface area contributed by atoms with Gasteiger partial charge in [-0.2, -0.15) is 0 Å². The van der Waals surface area contributed by atoms with Crippen molar-refractivity contribution >= 4 is 46.6 Å². The average Bonchev–Trinajstić information content (AvgIpc) is 3.07. The van der Waals surface area contributed by atoms with Gasteiger partial charge in [-0.3, -0.25) is 14.0 Å². The zero-order valence-electron chi connectivity index (χ0n) is 14.6. The van der Waals surface area contributed by atoms with E-state index < -0.39 is 16.7 Å². The number of nitrogens with two attached hydrogens (primary N) is 1. The maximum Gasteiger partial charge on any atom is 0.284 e. The van der Waals surface area contributed by atoms with Crippen LogP contribution in [-0.2, 0) is 17.3 Å². The molecule has 142 valence electrons. The van der Waals surface area contributed by atoms with Crippen LogP contribution in [0.2, 0.25) is 0 Å². The lowest BCUT2D eigenvalue weighted by Gasteiger charge is -2.30. The molecule has 4 N–H and O–H groups in total. The molecule has 0 spiro atoms. The fourth-order valence-electron chi connectivity index (χ4n) is 2.91. The molecule has 1 aliphatic rings. The van der Waals surface area contributed by atoms with Crippen LogP contribution in [0.5, 0.6) is 0 Å². The van der Waals surface area contributed by atoms with Gasteiger partial charge in [0.2, 0.25) is 0 Å². The number of amides is 1. The normalized spacial score (nSPS) is 21.9. The van der Waals surface area contributed by atoms with Gasteiger partial charge in [0.25, 0.3) is 5.91 Å². The SMILES string of the molecule is CCS(=O)C1CCCC(NC(=NC)NCc2ccc(C(N)=O)o2)C1.I. The molecule has 3 atom stereocenters. The van der Waals surface area contributed by atoms with E-state index in [0.717, 1.165) is 25.7 Å². The van der Waals surface area contributed by atoms with Crippen molar-refractivity contribution in [3.63, 3.8) is 0 Å². The second-order valence-electron chi connectivity index (χ2n) is 5.86. The van der Waals surface area contributed by atoms with Crippen LogP contribution < -0.4 is 16.4 Å². The van der Waals surface area contributed by atoms with Crippen molar-refractivity contribution < 1.29 is 13.4 Å². The molecule has 25 heavy (non-hydrogen) atoms. The first kappa shape index (κ1) is 21.9. The molecular formula is C16H27IN4O3S. The molecular weight excluding hydrogens is 455 g/mol. The van der Waals surface area contributed by atoms with E-state index in [1.54, 1.807) is 19.2 Å². The van der Waals surface area contributed by atoms with Crippen molar-refractivity contribution in [1.82, 2.24) is 10.6 Å². The number of nitrogens with one attached hydrogen (secondary N) is 2. The number of halogens is 1. The van der Waals surface area contributed by atoms with Crippen molar-refractivity contribution in [3.05, 3.63) is 23.7 Å². The van der Waals surface area contributed by atoms with Crippen LogP contribution in [0.4, 0.5) is 0 Å². The van der Waals surface area contributed by atoms with Crippen LogP contribution in [0, 0.1) is 0 Å². The van der Waals surface area contributed by atoms with Gasteiger partial charge < -0.3 is 20.8 Å². The Morgan fingerprint density at radius 1 is 1.44 bits per heavy atom. The van der Waals surface area contributed by atoms with Crippen molar-refractivity contribution in [3.8, 4) is 0 Å². The largest absolute Gasteiger partial charge is 0.454 e. The highest BCUT2D eigenvalue weighted by Gasteiger charge is 2.26. The Bertz CT molecular complexity index is 620. The number of guanidine groups is 1. The summed E-state index contributed by atoms with van der Waals surface area (Å²) in [5.41, 5.74) is 5.17. The Morgan fingerprint density at radius 2 is 2.20 bits per heavy atom. The highest BCUT2D eigenvalue weighted by atomic mass is 127. The molecule has 9 heteroatoms. The van der Waals surface area contributed by atoms with Crippen LogP contribution in [0.1, 0.15) is 48.9 Å². The van der Waals surface area contributed by atoms with Crippen LogP contribution in [-0.4, -0.2) is 40.2 Å². The van der Waals surface area contributed by atoms with Gasteiger partial charge in [0, 0.05) is 34.9 Å². The third-order valence-corrected chi connectivity index (χ3v) is 5.92. The van der Waals surface area contributed by atoms with Gasteiger partial charge in [-0.05, 0) is 31.4 Å². The number of hydrogen-bond acceptors (Lipinski definition) is 4. The lowest BCUT2D eigenvalue weighted by Crippen LogP contribution is -2.46. The predicted molar refractivity (Wildman–Crippen MR) is 111 cm³/mol. The molecule has 1 amide bonds. The molecule has 3 unspecified atom stereocenters. The monoisotopic (exact) mass is 482 g/mol. The number of rotatable bonds is 6. The molecule has 1 aromatic rings. The number of hydrogen-bond donors (Lipinski definition) is 3. The van der Waals surface area contributed by atoms with Gasteiger partial charge >= 0.3 is 0 Å². The van der Waals surface area contributed by atoms with E-state index in [4.69, 9.17) is 10.2 Å². The van der Waals surface area contributed by atoms with Crippen LogP contribution >= 0.6 is 24.0 Å². The molecule has 2 rings (SSSR count). The summed E-state index contributed by atoms with van der Waals surface area (Å²) in [4.78, 5) is 15.2. The van der Waals surface area contributed by atoms with E-state index in [2.05, 4.69) is 15.6 Å². The Kier molecular flexibility index (Phi) is 9.47. The first-order valence-corrected chi connectivity index (χ1v) is 9.64. The smallest absolute Gasteiger partial charge is 0.284 e. The highest BCUT2D eigenvalue weighted by Crippen LogP contribution is 2.23. The Balaban J connectivity index is 0.00000312. The van der Waals surface area contributed by atoms with E-state index in [0.29, 0.717) is 24.0 Å². The minimum absolute atomic E-state index is 0. The molecule has 0 bridgehead atoms. The Morgan fingerprint density at radius 3 is 2.80 bits per heavy atom. The number of carbonyl (C=O) groups is 1. The molecule has 1 heterocycles. The van der Waals surface area contributed by atoms with E-state index in [1.807, 2.05) is 6.92 Å². The van der Waals surface area contributed by atoms with Gasteiger partial charge in [-0.15, -0.1) is 24.0 Å². The molecule has 0 aromatic carbocycles. The minimum atomic E-state index is -0.745. The van der Waals surface area contributed by atoms with Crippen molar-refractivity contribution in [2.24, 2.45) is 10.7 Å². The molecule has 0 saturated heterocycles. The summed E-state index contributed by atoms with van der Waals surface area (Å²) in [6.45, 7) is 2.38. The molecule has 1 aromatic heterocycles. The lowest BCUT2D eigenvalue weighted by atomic mass is 9.95. The maximum absolute atomic E-state index is 12.0. The topological polar surface area (TPSA) is 110 Å². The molecule has 0 radical (unpaired) electrons. The first-order valence-electron chi connectivity index (χ1n) is 8.26. The summed E-state index contributed by atoms with van der Waals surface area (Å²) in [5.74, 6) is 1.55. The zero-order valence-corrected chi connectivity index (χ0v) is 17.8. The minimum Gasteiger partial charge on any atom is -0.454 e. The fraction of sp³-hybridized carbons (Fsp3) is 0.625. The van der Waals surface area contributed by atoms with Crippen molar-refractivity contribution in [2.75, 3.05) is 12.8 Å². The van der Waals surface area contributed by atoms with Gasteiger partial charge in [0.15, 0.2) is 11.7 Å². The highest BCUT2D eigenvalue weighted by molar-refractivity contribution is 14.0. The fourth-order valence-corrected chi connectivity index (χ4v) is 4.26. The maximum atomic E-state index is 12.0. The van der Waals surface area contributed by atoms with E-state index >= 15 is 0 Å². The lowest BCUT2D eigenvalue weighted by molar-refractivity contribution is 0.0972. The summed E-state index contributed by atoms with van der Waals surface area (Å²) in [6.07, 6.45) is 4.05. The van der Waals surface area contributed by atoms with E-state index in [-0.39, 0.29) is 41.0 Å². The number of aliphatic imine (C=N–C) groups is 1. The van der Waals surface area contributed by atoms with Crippen molar-refractivity contribution in [2.45, 2.75) is 50.4 Å². The third-order valence-electron chi connectivity index (χ3n) is 4.18. The summed E-state index contributed by atoms with van der Waals surface area (Å²) in [7, 11) is 0.960. The van der Waals surface area contributed by atoms with E-state index in [9.17, 15) is 9.00 Å².